The van der Waals surface area contributed by atoms with Gasteiger partial charge in [0.15, 0.2) is 0 Å². The second kappa shape index (κ2) is 9.28. The maximum absolute atomic E-state index is 13.2. The summed E-state index contributed by atoms with van der Waals surface area (Å²) in [6.07, 6.45) is 1.83. The van der Waals surface area contributed by atoms with Gasteiger partial charge in [0.05, 0.1) is 12.4 Å². The van der Waals surface area contributed by atoms with Crippen molar-refractivity contribution in [3.63, 3.8) is 0 Å². The summed E-state index contributed by atoms with van der Waals surface area (Å²) in [6.45, 7) is 2.02. The summed E-state index contributed by atoms with van der Waals surface area (Å²) in [7, 11) is -1.74. The molecule has 31 heavy (non-hydrogen) atoms. The van der Waals surface area contributed by atoms with Gasteiger partial charge in [-0.1, -0.05) is 30.3 Å². The first-order chi connectivity index (χ1) is 15.0. The second-order valence-electron chi connectivity index (χ2n) is 8.16. The van der Waals surface area contributed by atoms with Crippen molar-refractivity contribution in [3.05, 3.63) is 60.2 Å². The van der Waals surface area contributed by atoms with Gasteiger partial charge in [-0.3, -0.25) is 0 Å². The van der Waals surface area contributed by atoms with Crippen molar-refractivity contribution in [2.75, 3.05) is 38.6 Å². The minimum atomic E-state index is -3.36. The number of para-hydroxylation sites is 1. The summed E-state index contributed by atoms with van der Waals surface area (Å²) < 4.78 is 33.2. The van der Waals surface area contributed by atoms with E-state index in [0.29, 0.717) is 45.4 Å². The highest BCUT2D eigenvalue weighted by Gasteiger charge is 2.46. The lowest BCUT2D eigenvalue weighted by Gasteiger charge is -2.22. The van der Waals surface area contributed by atoms with E-state index in [0.717, 1.165) is 17.0 Å². The van der Waals surface area contributed by atoms with Gasteiger partial charge in [-0.15, -0.1) is 0 Å². The summed E-state index contributed by atoms with van der Waals surface area (Å²) in [5, 5.41) is 2.49. The number of likely N-dealkylation sites (tertiary alicyclic amines) is 1. The molecule has 7 nitrogen and oxygen atoms in total. The molecule has 2 fully saturated rings. The third kappa shape index (κ3) is 4.85. The lowest BCUT2D eigenvalue weighted by atomic mass is 10.0. The number of carbonyl (C=O) groups is 1. The molecule has 0 saturated carbocycles. The van der Waals surface area contributed by atoms with Crippen molar-refractivity contribution < 1.29 is 17.9 Å². The van der Waals surface area contributed by atoms with E-state index in [4.69, 9.17) is 4.74 Å². The van der Waals surface area contributed by atoms with Crippen molar-refractivity contribution in [1.29, 1.82) is 0 Å². The number of anilines is 1. The van der Waals surface area contributed by atoms with Gasteiger partial charge in [-0.05, 0) is 55.0 Å². The number of ether oxygens (including phenoxy) is 1. The topological polar surface area (TPSA) is 79.0 Å². The number of hydrogen-bond acceptors (Lipinski definition) is 4. The third-order valence-corrected chi connectivity index (χ3v) is 8.69. The first-order valence-corrected chi connectivity index (χ1v) is 12.2. The van der Waals surface area contributed by atoms with Crippen LogP contribution >= 0.6 is 0 Å². The van der Waals surface area contributed by atoms with Crippen LogP contribution < -0.4 is 10.1 Å². The number of nitrogens with zero attached hydrogens (tertiary/aromatic N) is 2. The highest BCUT2D eigenvalue weighted by molar-refractivity contribution is 7.90. The Morgan fingerprint density at radius 2 is 1.87 bits per heavy atom. The summed E-state index contributed by atoms with van der Waals surface area (Å²) in [4.78, 5) is 14.4. The molecule has 166 valence electrons. The number of urea groups is 1. The Bertz CT molecular complexity index is 1010. The third-order valence-electron chi connectivity index (χ3n) is 6.26. The zero-order valence-corrected chi connectivity index (χ0v) is 18.6. The van der Waals surface area contributed by atoms with Crippen molar-refractivity contribution in [2.24, 2.45) is 5.92 Å². The largest absolute Gasteiger partial charge is 0.497 e. The fourth-order valence-corrected chi connectivity index (χ4v) is 6.76. The van der Waals surface area contributed by atoms with Crippen LogP contribution in [0.25, 0.3) is 0 Å². The molecule has 0 unspecified atom stereocenters. The van der Waals surface area contributed by atoms with Crippen LogP contribution in [0.4, 0.5) is 10.5 Å². The van der Waals surface area contributed by atoms with Crippen LogP contribution in [0.15, 0.2) is 54.6 Å². The van der Waals surface area contributed by atoms with Crippen LogP contribution in [0.1, 0.15) is 18.4 Å². The van der Waals surface area contributed by atoms with Crippen LogP contribution in [-0.2, 0) is 16.4 Å². The lowest BCUT2D eigenvalue weighted by molar-refractivity contribution is 0.212. The van der Waals surface area contributed by atoms with E-state index in [1.807, 2.05) is 54.6 Å². The maximum Gasteiger partial charge on any atom is 0.321 e. The Morgan fingerprint density at radius 3 is 2.65 bits per heavy atom. The first-order valence-electron chi connectivity index (χ1n) is 10.7. The quantitative estimate of drug-likeness (QED) is 0.770. The zero-order valence-electron chi connectivity index (χ0n) is 17.7. The van der Waals surface area contributed by atoms with Gasteiger partial charge in [0, 0.05) is 31.9 Å². The molecule has 4 rings (SSSR count). The second-order valence-corrected chi connectivity index (χ2v) is 10.3. The summed E-state index contributed by atoms with van der Waals surface area (Å²) in [5.74, 6) is 0.839. The highest BCUT2D eigenvalue weighted by atomic mass is 32.2. The predicted octanol–water partition coefficient (Wildman–Crippen LogP) is 3.20. The average Bonchev–Trinajstić information content (AvgIpc) is 2.91. The molecule has 8 heteroatoms. The molecular weight excluding hydrogens is 414 g/mol. The zero-order chi connectivity index (χ0) is 21.8. The number of hydrogen-bond donors (Lipinski definition) is 1. The standard InChI is InChI=1S/C23H29N3O4S/c1-30-21-9-5-6-18(16-21)10-15-26-17-19-11-13-25(14-12-22(19)31(26,28)29)23(27)24-20-7-3-2-4-8-20/h2-9,16,19,22H,10-15,17H2,1H3,(H,24,27)/t19-,22-/m1/s1. The molecule has 2 heterocycles. The van der Waals surface area contributed by atoms with Crippen LogP contribution in [-0.4, -0.2) is 62.2 Å². The summed E-state index contributed by atoms with van der Waals surface area (Å²) >= 11 is 0. The van der Waals surface area contributed by atoms with Gasteiger partial charge < -0.3 is 15.0 Å². The van der Waals surface area contributed by atoms with E-state index in [9.17, 15) is 13.2 Å². The predicted molar refractivity (Wildman–Crippen MR) is 121 cm³/mol. The van der Waals surface area contributed by atoms with E-state index in [-0.39, 0.29) is 11.9 Å². The molecule has 2 aliphatic rings. The average molecular weight is 444 g/mol. The number of nitrogens with one attached hydrogen (secondary N) is 1. The minimum absolute atomic E-state index is 0.0600. The van der Waals surface area contributed by atoms with E-state index >= 15 is 0 Å². The summed E-state index contributed by atoms with van der Waals surface area (Å²) in [5.41, 5.74) is 1.80. The molecular formula is C23H29N3O4S. The Kier molecular flexibility index (Phi) is 6.48. The van der Waals surface area contributed by atoms with E-state index in [2.05, 4.69) is 5.32 Å². The van der Waals surface area contributed by atoms with Crippen molar-refractivity contribution in [1.82, 2.24) is 9.21 Å². The molecule has 0 radical (unpaired) electrons. The Hall–Kier alpha value is -2.58. The molecule has 0 aliphatic carbocycles. The smallest absolute Gasteiger partial charge is 0.321 e. The fraction of sp³-hybridized carbons (Fsp3) is 0.435. The normalized spacial score (nSPS) is 23.1. The Morgan fingerprint density at radius 1 is 1.10 bits per heavy atom. The number of rotatable bonds is 5. The van der Waals surface area contributed by atoms with Crippen molar-refractivity contribution in [2.45, 2.75) is 24.5 Å². The van der Waals surface area contributed by atoms with Crippen molar-refractivity contribution >= 4 is 21.7 Å². The van der Waals surface area contributed by atoms with Gasteiger partial charge in [0.25, 0.3) is 0 Å². The van der Waals surface area contributed by atoms with E-state index < -0.39 is 15.3 Å². The Labute approximate surface area is 184 Å². The molecule has 2 saturated heterocycles. The molecule has 2 aromatic carbocycles. The number of benzene rings is 2. The van der Waals surface area contributed by atoms with Crippen LogP contribution in [0, 0.1) is 5.92 Å². The van der Waals surface area contributed by atoms with Gasteiger partial charge in [-0.25, -0.2) is 17.5 Å². The van der Waals surface area contributed by atoms with E-state index in [1.54, 1.807) is 16.3 Å². The molecule has 2 amide bonds. The molecule has 2 aromatic rings. The Balaban J connectivity index is 1.36. The lowest BCUT2D eigenvalue weighted by Crippen LogP contribution is -2.37. The van der Waals surface area contributed by atoms with E-state index in [1.165, 1.54) is 0 Å². The first kappa shape index (κ1) is 21.6. The van der Waals surface area contributed by atoms with Gasteiger partial charge in [0.1, 0.15) is 5.75 Å². The summed E-state index contributed by atoms with van der Waals surface area (Å²) in [6, 6.07) is 16.9. The number of carbonyl (C=O) groups excluding carboxylic acids is 1. The van der Waals surface area contributed by atoms with Crippen molar-refractivity contribution in [3.8, 4) is 5.75 Å². The number of methoxy groups -OCH3 is 1. The van der Waals surface area contributed by atoms with Gasteiger partial charge in [-0.2, -0.15) is 0 Å². The number of amides is 2. The highest BCUT2D eigenvalue weighted by Crippen LogP contribution is 2.34. The molecule has 2 atom stereocenters. The van der Waals surface area contributed by atoms with Gasteiger partial charge in [0.2, 0.25) is 10.0 Å². The maximum atomic E-state index is 13.2. The number of fused-ring (bicyclic) bond motifs is 1. The minimum Gasteiger partial charge on any atom is -0.497 e. The molecule has 0 spiro atoms. The SMILES string of the molecule is COc1cccc(CCN2C[C@H]3CCN(C(=O)Nc4ccccc4)CC[C@H]3S2(=O)=O)c1. The fourth-order valence-electron chi connectivity index (χ4n) is 4.52. The molecule has 0 aromatic heterocycles. The van der Waals surface area contributed by atoms with Crippen LogP contribution in [0.3, 0.4) is 0 Å². The molecule has 1 N–H and O–H groups in total. The molecule has 2 aliphatic heterocycles. The monoisotopic (exact) mass is 443 g/mol. The van der Waals surface area contributed by atoms with Crippen LogP contribution in [0.2, 0.25) is 0 Å². The van der Waals surface area contributed by atoms with Gasteiger partial charge >= 0.3 is 6.03 Å². The molecule has 0 bridgehead atoms. The van der Waals surface area contributed by atoms with Crippen LogP contribution in [0.5, 0.6) is 5.75 Å². The number of sulfonamides is 1.